The molecule has 1 unspecified atom stereocenters. The molecule has 3 fully saturated rings. The number of rotatable bonds is 9. The van der Waals surface area contributed by atoms with Crippen LogP contribution in [0.2, 0.25) is 15.1 Å². The molecule has 1 aliphatic carbocycles. The summed E-state index contributed by atoms with van der Waals surface area (Å²) in [7, 11) is -3.98. The molecule has 3 aliphatic rings. The summed E-state index contributed by atoms with van der Waals surface area (Å²) < 4.78 is 34.3. The van der Waals surface area contributed by atoms with Crippen LogP contribution in [-0.4, -0.2) is 68.5 Å². The van der Waals surface area contributed by atoms with E-state index in [1.54, 1.807) is 0 Å². The molecule has 1 amide bonds. The van der Waals surface area contributed by atoms with Crippen molar-refractivity contribution in [2.45, 2.75) is 80.3 Å². The fourth-order valence-corrected chi connectivity index (χ4v) is 10.0. The highest BCUT2D eigenvalue weighted by Gasteiger charge is 2.43. The van der Waals surface area contributed by atoms with E-state index in [0.717, 1.165) is 51.6 Å². The number of piperidine rings is 1. The van der Waals surface area contributed by atoms with Crippen LogP contribution in [0.5, 0.6) is 0 Å². The number of carbonyl (C=O) groups excluding carboxylic acids is 1. The van der Waals surface area contributed by atoms with Gasteiger partial charge in [-0.25, -0.2) is 8.42 Å². The average molecular weight is 643 g/mol. The lowest BCUT2D eigenvalue weighted by Gasteiger charge is -2.47. The SMILES string of the molecule is O=C(COCC1CCCCN1S(=O)(=O)c1c(Cl)cc(Cl)cc1Cl)NC1CCC(c2ccccc2)(N2CCCC2)CC1. The lowest BCUT2D eigenvalue weighted by atomic mass is 9.73. The first kappa shape index (κ1) is 31.0. The van der Waals surface area contributed by atoms with Crippen LogP contribution in [-0.2, 0) is 25.1 Å². The second-order valence-corrected chi connectivity index (χ2v) is 14.5. The summed E-state index contributed by atoms with van der Waals surface area (Å²) in [6, 6.07) is 13.2. The van der Waals surface area contributed by atoms with Crippen LogP contribution in [0, 0.1) is 0 Å². The largest absolute Gasteiger partial charge is 0.370 e. The molecule has 224 valence electrons. The zero-order valence-electron chi connectivity index (χ0n) is 23.2. The van der Waals surface area contributed by atoms with E-state index in [1.807, 2.05) is 0 Å². The predicted octanol–water partition coefficient (Wildman–Crippen LogP) is 6.26. The molecule has 7 nitrogen and oxygen atoms in total. The highest BCUT2D eigenvalue weighted by molar-refractivity contribution is 7.89. The lowest BCUT2D eigenvalue weighted by molar-refractivity contribution is -0.127. The molecule has 2 aliphatic heterocycles. The van der Waals surface area contributed by atoms with Crippen LogP contribution in [0.4, 0.5) is 0 Å². The molecule has 2 aromatic rings. The van der Waals surface area contributed by atoms with Gasteiger partial charge < -0.3 is 10.1 Å². The molecule has 2 aromatic carbocycles. The fourth-order valence-electron chi connectivity index (χ4n) is 6.83. The van der Waals surface area contributed by atoms with E-state index < -0.39 is 16.1 Å². The third kappa shape index (κ3) is 6.90. The van der Waals surface area contributed by atoms with Gasteiger partial charge in [-0.3, -0.25) is 9.69 Å². The molecule has 0 radical (unpaired) electrons. The summed E-state index contributed by atoms with van der Waals surface area (Å²) >= 11 is 18.5. The molecule has 41 heavy (non-hydrogen) atoms. The van der Waals surface area contributed by atoms with Crippen LogP contribution in [0.3, 0.4) is 0 Å². The fraction of sp³-hybridized carbons (Fsp3) is 0.567. The Bertz CT molecular complexity index is 1290. The summed E-state index contributed by atoms with van der Waals surface area (Å²) in [4.78, 5) is 15.3. The first-order chi connectivity index (χ1) is 19.7. The van der Waals surface area contributed by atoms with E-state index >= 15 is 0 Å². The van der Waals surface area contributed by atoms with Gasteiger partial charge in [0.1, 0.15) is 11.5 Å². The third-order valence-electron chi connectivity index (χ3n) is 8.85. The van der Waals surface area contributed by atoms with Crippen molar-refractivity contribution in [2.75, 3.05) is 32.8 Å². The minimum atomic E-state index is -3.98. The Hall–Kier alpha value is -1.39. The van der Waals surface area contributed by atoms with Gasteiger partial charge in [0.05, 0.1) is 16.7 Å². The maximum absolute atomic E-state index is 13.5. The third-order valence-corrected chi connectivity index (χ3v) is 11.9. The zero-order valence-corrected chi connectivity index (χ0v) is 26.2. The Kier molecular flexibility index (Phi) is 10.2. The molecule has 5 rings (SSSR count). The topological polar surface area (TPSA) is 78.9 Å². The molecule has 2 saturated heterocycles. The van der Waals surface area contributed by atoms with Crippen LogP contribution in [0.1, 0.15) is 63.4 Å². The Morgan fingerprint density at radius 2 is 1.56 bits per heavy atom. The van der Waals surface area contributed by atoms with Gasteiger partial charge in [-0.1, -0.05) is 71.6 Å². The van der Waals surface area contributed by atoms with Crippen molar-refractivity contribution in [1.82, 2.24) is 14.5 Å². The van der Waals surface area contributed by atoms with Crippen molar-refractivity contribution in [2.24, 2.45) is 0 Å². The molecular weight excluding hydrogens is 605 g/mol. The van der Waals surface area contributed by atoms with Gasteiger partial charge in [0.25, 0.3) is 0 Å². The van der Waals surface area contributed by atoms with Crippen LogP contribution in [0.15, 0.2) is 47.4 Å². The van der Waals surface area contributed by atoms with Crippen molar-refractivity contribution in [1.29, 1.82) is 0 Å². The van der Waals surface area contributed by atoms with Crippen LogP contribution in [0.25, 0.3) is 0 Å². The van der Waals surface area contributed by atoms with Gasteiger partial charge in [-0.15, -0.1) is 0 Å². The number of ether oxygens (including phenoxy) is 1. The summed E-state index contributed by atoms with van der Waals surface area (Å²) in [6.07, 6.45) is 8.55. The Labute approximate surface area is 258 Å². The molecule has 11 heteroatoms. The van der Waals surface area contributed by atoms with E-state index in [4.69, 9.17) is 39.5 Å². The van der Waals surface area contributed by atoms with Crippen molar-refractivity contribution in [3.05, 3.63) is 63.1 Å². The zero-order chi connectivity index (χ0) is 29.0. The van der Waals surface area contributed by atoms with Crippen molar-refractivity contribution in [3.8, 4) is 0 Å². The minimum absolute atomic E-state index is 0.0133. The molecule has 2 heterocycles. The standard InChI is InChI=1S/C30H38Cl3N3O4S/c31-23-18-26(32)29(27(33)19-23)41(38,39)36-17-5-4-10-25(36)20-40-21-28(37)34-24-11-13-30(14-12-24,35-15-6-7-16-35)22-8-2-1-3-9-22/h1-3,8-9,18-19,24-25H,4-7,10-17,20-21H2,(H,34,37). The van der Waals surface area contributed by atoms with Gasteiger partial charge >= 0.3 is 0 Å². The van der Waals surface area contributed by atoms with E-state index in [0.29, 0.717) is 13.0 Å². The van der Waals surface area contributed by atoms with Gasteiger partial charge in [0, 0.05) is 29.2 Å². The number of benzene rings is 2. The summed E-state index contributed by atoms with van der Waals surface area (Å²) in [5.41, 5.74) is 1.42. The quantitative estimate of drug-likeness (QED) is 0.350. The maximum atomic E-state index is 13.5. The molecule has 0 bridgehead atoms. The number of sulfonamides is 1. The Morgan fingerprint density at radius 3 is 2.22 bits per heavy atom. The molecular formula is C30H38Cl3N3O4S. The number of carbonyl (C=O) groups is 1. The van der Waals surface area contributed by atoms with Gasteiger partial charge in [-0.2, -0.15) is 4.31 Å². The monoisotopic (exact) mass is 641 g/mol. The highest BCUT2D eigenvalue weighted by Crippen LogP contribution is 2.44. The summed E-state index contributed by atoms with van der Waals surface area (Å²) in [6.45, 7) is 2.60. The minimum Gasteiger partial charge on any atom is -0.370 e. The number of halogens is 3. The molecule has 0 spiro atoms. The first-order valence-corrected chi connectivity index (χ1v) is 17.1. The smallest absolute Gasteiger partial charge is 0.246 e. The number of hydrogen-bond acceptors (Lipinski definition) is 5. The van der Waals surface area contributed by atoms with E-state index in [2.05, 4.69) is 40.5 Å². The van der Waals surface area contributed by atoms with Gasteiger partial charge in [-0.05, 0) is 82.2 Å². The highest BCUT2D eigenvalue weighted by atomic mass is 35.5. The predicted molar refractivity (Wildman–Crippen MR) is 163 cm³/mol. The van der Waals surface area contributed by atoms with Crippen molar-refractivity contribution in [3.63, 3.8) is 0 Å². The molecule has 0 aromatic heterocycles. The van der Waals surface area contributed by atoms with Crippen LogP contribution >= 0.6 is 34.8 Å². The number of nitrogens with zero attached hydrogens (tertiary/aromatic N) is 2. The summed E-state index contributed by atoms with van der Waals surface area (Å²) in [5, 5.41) is 3.40. The molecule has 1 atom stereocenters. The van der Waals surface area contributed by atoms with Gasteiger partial charge in [0.2, 0.25) is 15.9 Å². The second kappa shape index (κ2) is 13.5. The normalized spacial score (nSPS) is 26.2. The Morgan fingerprint density at radius 1 is 0.927 bits per heavy atom. The van der Waals surface area contributed by atoms with Gasteiger partial charge in [0.15, 0.2) is 0 Å². The van der Waals surface area contributed by atoms with E-state index in [9.17, 15) is 13.2 Å². The molecule has 1 N–H and O–H groups in total. The number of likely N-dealkylation sites (tertiary alicyclic amines) is 1. The number of amides is 1. The number of nitrogens with one attached hydrogen (secondary N) is 1. The van der Waals surface area contributed by atoms with Crippen molar-refractivity contribution < 1.29 is 17.9 Å². The number of hydrogen-bond donors (Lipinski definition) is 1. The van der Waals surface area contributed by atoms with Crippen molar-refractivity contribution >= 4 is 50.7 Å². The van der Waals surface area contributed by atoms with E-state index in [-0.39, 0.29) is 50.7 Å². The second-order valence-electron chi connectivity index (χ2n) is 11.4. The Balaban J connectivity index is 1.15. The maximum Gasteiger partial charge on any atom is 0.246 e. The first-order valence-electron chi connectivity index (χ1n) is 14.5. The van der Waals surface area contributed by atoms with Crippen LogP contribution < -0.4 is 5.32 Å². The van der Waals surface area contributed by atoms with E-state index in [1.165, 1.54) is 34.8 Å². The average Bonchev–Trinajstić information content (AvgIpc) is 3.49. The molecule has 1 saturated carbocycles. The lowest BCUT2D eigenvalue weighted by Crippen LogP contribution is -2.51. The summed E-state index contributed by atoms with van der Waals surface area (Å²) in [5.74, 6) is -0.169.